The van der Waals surface area contributed by atoms with Crippen LogP contribution in [-0.4, -0.2) is 19.4 Å². The van der Waals surface area contributed by atoms with Gasteiger partial charge in [0.1, 0.15) is 4.84 Å². The molecule has 0 rings (SSSR count). The van der Waals surface area contributed by atoms with Crippen molar-refractivity contribution < 1.29 is 8.76 Å². The molecule has 0 aliphatic heterocycles. The lowest BCUT2D eigenvalue weighted by molar-refractivity contribution is 0.533. The summed E-state index contributed by atoms with van der Waals surface area (Å²) >= 11 is 8.89. The molecule has 0 aromatic rings. The van der Waals surface area contributed by atoms with Gasteiger partial charge in [-0.2, -0.15) is 0 Å². The molecule has 5 heteroatoms. The number of rotatable bonds is 5. The standard InChI is InChI=1S/C5H10Cl2O2S/c6-5(7)3-1-2-4-10(8)9/h5H,1-4H2,(H,8,9)/p-1. The fourth-order valence-electron chi connectivity index (χ4n) is 0.519. The predicted octanol–water partition coefficient (Wildman–Crippen LogP) is 1.84. The van der Waals surface area contributed by atoms with Crippen LogP contribution in [0, 0.1) is 0 Å². The van der Waals surface area contributed by atoms with E-state index in [4.69, 9.17) is 23.2 Å². The number of alkyl halides is 2. The summed E-state index contributed by atoms with van der Waals surface area (Å²) in [5, 5.41) is 0. The van der Waals surface area contributed by atoms with Crippen LogP contribution in [0.3, 0.4) is 0 Å². The molecule has 1 atom stereocenters. The molecule has 0 saturated heterocycles. The topological polar surface area (TPSA) is 40.1 Å². The van der Waals surface area contributed by atoms with E-state index in [2.05, 4.69) is 0 Å². The van der Waals surface area contributed by atoms with Crippen molar-refractivity contribution in [3.8, 4) is 0 Å². The van der Waals surface area contributed by atoms with E-state index in [1.54, 1.807) is 0 Å². The summed E-state index contributed by atoms with van der Waals surface area (Å²) in [6.45, 7) is 0. The first-order valence-electron chi connectivity index (χ1n) is 2.97. The molecule has 10 heavy (non-hydrogen) atoms. The van der Waals surface area contributed by atoms with Crippen LogP contribution in [-0.2, 0) is 11.1 Å². The highest BCUT2D eigenvalue weighted by atomic mass is 35.5. The maximum Gasteiger partial charge on any atom is 0.107 e. The summed E-state index contributed by atoms with van der Waals surface area (Å²) < 4.78 is 20.0. The van der Waals surface area contributed by atoms with Crippen molar-refractivity contribution in [2.75, 3.05) is 5.75 Å². The van der Waals surface area contributed by atoms with E-state index in [1.807, 2.05) is 0 Å². The van der Waals surface area contributed by atoms with E-state index in [9.17, 15) is 8.76 Å². The second-order valence-corrected chi connectivity index (χ2v) is 4.19. The van der Waals surface area contributed by atoms with Crippen molar-refractivity contribution in [1.29, 1.82) is 0 Å². The Bertz CT molecular complexity index is 108. The molecule has 0 aliphatic carbocycles. The molecule has 0 N–H and O–H groups in total. The molecule has 1 unspecified atom stereocenters. The van der Waals surface area contributed by atoms with Gasteiger partial charge < -0.3 is 4.55 Å². The summed E-state index contributed by atoms with van der Waals surface area (Å²) in [4.78, 5) is -0.361. The van der Waals surface area contributed by atoms with Crippen LogP contribution >= 0.6 is 23.2 Å². The fourth-order valence-corrected chi connectivity index (χ4v) is 1.27. The van der Waals surface area contributed by atoms with Gasteiger partial charge in [0.25, 0.3) is 0 Å². The van der Waals surface area contributed by atoms with Gasteiger partial charge in [0.15, 0.2) is 0 Å². The molecule has 0 saturated carbocycles. The Morgan fingerprint density at radius 2 is 2.00 bits per heavy atom. The molecule has 0 fully saturated rings. The summed E-state index contributed by atoms with van der Waals surface area (Å²) in [5.41, 5.74) is 0. The molecule has 0 spiro atoms. The Hall–Kier alpha value is 0.690. The first kappa shape index (κ1) is 10.7. The van der Waals surface area contributed by atoms with Crippen LogP contribution in [0.1, 0.15) is 19.3 Å². The van der Waals surface area contributed by atoms with Crippen molar-refractivity contribution in [2.24, 2.45) is 0 Å². The third-order valence-electron chi connectivity index (χ3n) is 0.983. The molecule has 0 aliphatic rings. The third kappa shape index (κ3) is 8.69. The normalized spacial score (nSPS) is 14.0. The molecular weight excluding hydrogens is 195 g/mol. The SMILES string of the molecule is O=S([O-])CCCCC(Cl)Cl. The van der Waals surface area contributed by atoms with E-state index in [-0.39, 0.29) is 10.6 Å². The first-order valence-corrected chi connectivity index (χ1v) is 5.08. The number of hydrogen-bond donors (Lipinski definition) is 0. The zero-order valence-corrected chi connectivity index (χ0v) is 7.71. The third-order valence-corrected chi connectivity index (χ3v) is 2.04. The molecule has 0 amide bonds. The van der Waals surface area contributed by atoms with Gasteiger partial charge in [-0.25, -0.2) is 0 Å². The van der Waals surface area contributed by atoms with Crippen LogP contribution in [0.5, 0.6) is 0 Å². The lowest BCUT2D eigenvalue weighted by atomic mass is 10.3. The van der Waals surface area contributed by atoms with Gasteiger partial charge in [0.2, 0.25) is 0 Å². The number of unbranched alkanes of at least 4 members (excludes halogenated alkanes) is 1. The largest absolute Gasteiger partial charge is 0.772 e. The number of halogens is 2. The van der Waals surface area contributed by atoms with Gasteiger partial charge in [0.05, 0.1) is 0 Å². The highest BCUT2D eigenvalue weighted by Gasteiger charge is 1.96. The molecule has 0 aromatic carbocycles. The maximum atomic E-state index is 9.98. The minimum Gasteiger partial charge on any atom is -0.772 e. The second kappa shape index (κ2) is 6.40. The lowest BCUT2D eigenvalue weighted by Gasteiger charge is -2.03. The quantitative estimate of drug-likeness (QED) is 0.389. The van der Waals surface area contributed by atoms with E-state index in [1.165, 1.54) is 0 Å². The van der Waals surface area contributed by atoms with Gasteiger partial charge >= 0.3 is 0 Å². The van der Waals surface area contributed by atoms with E-state index in [0.29, 0.717) is 12.8 Å². The molecule has 2 nitrogen and oxygen atoms in total. The molecule has 0 aromatic heterocycles. The molecular formula is C5H9Cl2O2S-. The van der Waals surface area contributed by atoms with E-state index >= 15 is 0 Å². The molecule has 0 bridgehead atoms. The van der Waals surface area contributed by atoms with Gasteiger partial charge in [0, 0.05) is 5.75 Å². The van der Waals surface area contributed by atoms with Crippen LogP contribution < -0.4 is 0 Å². The Kier molecular flexibility index (Phi) is 6.85. The second-order valence-electron chi connectivity index (χ2n) is 1.89. The highest BCUT2D eigenvalue weighted by molar-refractivity contribution is 7.79. The van der Waals surface area contributed by atoms with Gasteiger partial charge in [-0.05, 0) is 19.3 Å². The van der Waals surface area contributed by atoms with Crippen LogP contribution in [0.15, 0.2) is 0 Å². The fraction of sp³-hybridized carbons (Fsp3) is 1.00. The summed E-state index contributed by atoms with van der Waals surface area (Å²) in [6.07, 6.45) is 2.08. The average Bonchev–Trinajstić information content (AvgIpc) is 1.79. The molecule has 0 radical (unpaired) electrons. The minimum atomic E-state index is -1.92. The van der Waals surface area contributed by atoms with E-state index in [0.717, 1.165) is 6.42 Å². The van der Waals surface area contributed by atoms with Crippen LogP contribution in [0.2, 0.25) is 0 Å². The van der Waals surface area contributed by atoms with Crippen molar-refractivity contribution in [1.82, 2.24) is 0 Å². The van der Waals surface area contributed by atoms with Gasteiger partial charge in [-0.15, -0.1) is 23.2 Å². The lowest BCUT2D eigenvalue weighted by Crippen LogP contribution is -1.96. The van der Waals surface area contributed by atoms with Crippen molar-refractivity contribution >= 4 is 34.3 Å². The van der Waals surface area contributed by atoms with E-state index < -0.39 is 11.1 Å². The van der Waals surface area contributed by atoms with Gasteiger partial charge in [-0.3, -0.25) is 4.21 Å². The molecule has 0 heterocycles. The Labute approximate surface area is 73.2 Å². The zero-order valence-electron chi connectivity index (χ0n) is 5.39. The summed E-state index contributed by atoms with van der Waals surface area (Å²) in [7, 11) is 0. The summed E-state index contributed by atoms with van der Waals surface area (Å²) in [6, 6.07) is 0. The van der Waals surface area contributed by atoms with Crippen molar-refractivity contribution in [3.63, 3.8) is 0 Å². The number of hydrogen-bond acceptors (Lipinski definition) is 2. The van der Waals surface area contributed by atoms with Crippen molar-refractivity contribution in [2.45, 2.75) is 24.1 Å². The maximum absolute atomic E-state index is 9.98. The van der Waals surface area contributed by atoms with Crippen LogP contribution in [0.25, 0.3) is 0 Å². The van der Waals surface area contributed by atoms with Crippen LogP contribution in [0.4, 0.5) is 0 Å². The smallest absolute Gasteiger partial charge is 0.107 e. The predicted molar refractivity (Wildman–Crippen MR) is 43.1 cm³/mol. The Balaban J connectivity index is 2.98. The molecule has 62 valence electrons. The highest BCUT2D eigenvalue weighted by Crippen LogP contribution is 2.10. The minimum absolute atomic E-state index is 0.209. The Morgan fingerprint density at radius 3 is 2.40 bits per heavy atom. The average molecular weight is 204 g/mol. The zero-order chi connectivity index (χ0) is 7.98. The summed E-state index contributed by atoms with van der Waals surface area (Å²) in [5.74, 6) is 0.209. The monoisotopic (exact) mass is 203 g/mol. The van der Waals surface area contributed by atoms with Gasteiger partial charge in [-0.1, -0.05) is 11.1 Å². The first-order chi connectivity index (χ1) is 4.63. The van der Waals surface area contributed by atoms with Crippen molar-refractivity contribution in [3.05, 3.63) is 0 Å². The Morgan fingerprint density at radius 1 is 1.40 bits per heavy atom.